The van der Waals surface area contributed by atoms with Gasteiger partial charge in [0.05, 0.1) is 0 Å². The van der Waals surface area contributed by atoms with Crippen LogP contribution < -0.4 is 5.32 Å². The molecule has 1 unspecified atom stereocenters. The Labute approximate surface area is 148 Å². The molecule has 24 heavy (non-hydrogen) atoms. The molecule has 1 aromatic heterocycles. The van der Waals surface area contributed by atoms with Crippen LogP contribution in [0.15, 0.2) is 54.6 Å². The van der Waals surface area contributed by atoms with E-state index in [2.05, 4.69) is 66.8 Å². The van der Waals surface area contributed by atoms with Crippen molar-refractivity contribution < 1.29 is 5.11 Å². The Balaban J connectivity index is 1.84. The van der Waals surface area contributed by atoms with E-state index in [4.69, 9.17) is 0 Å². The topological polar surface area (TPSA) is 32.3 Å². The van der Waals surface area contributed by atoms with Gasteiger partial charge in [0, 0.05) is 16.1 Å². The van der Waals surface area contributed by atoms with Gasteiger partial charge in [-0.05, 0) is 48.4 Å². The molecule has 0 aliphatic heterocycles. The maximum Gasteiger partial charge on any atom is 0.101 e. The van der Waals surface area contributed by atoms with Crippen molar-refractivity contribution in [3.63, 3.8) is 0 Å². The predicted octanol–water partition coefficient (Wildman–Crippen LogP) is 4.72. The number of benzene rings is 2. The molecule has 0 amide bonds. The molecule has 0 aliphatic rings. The van der Waals surface area contributed by atoms with Crippen LogP contribution in [-0.2, 0) is 12.8 Å². The van der Waals surface area contributed by atoms with Crippen LogP contribution in [0.25, 0.3) is 10.1 Å². The van der Waals surface area contributed by atoms with Gasteiger partial charge in [-0.25, -0.2) is 0 Å². The third-order valence-electron chi connectivity index (χ3n) is 4.30. The summed E-state index contributed by atoms with van der Waals surface area (Å²) >= 11 is 1.74. The Morgan fingerprint density at radius 2 is 1.75 bits per heavy atom. The van der Waals surface area contributed by atoms with E-state index in [1.54, 1.807) is 11.3 Å². The molecule has 0 saturated heterocycles. The zero-order valence-electron chi connectivity index (χ0n) is 14.2. The number of hydrogen-bond acceptors (Lipinski definition) is 3. The van der Waals surface area contributed by atoms with Gasteiger partial charge >= 0.3 is 0 Å². The minimum absolute atomic E-state index is 0.431. The molecular weight excluding hydrogens is 314 g/mol. The summed E-state index contributed by atoms with van der Waals surface area (Å²) in [4.78, 5) is 1.12. The van der Waals surface area contributed by atoms with Crippen molar-refractivity contribution in [2.75, 3.05) is 13.1 Å². The number of hydrogen-bond donors (Lipinski definition) is 2. The van der Waals surface area contributed by atoms with E-state index < -0.39 is 6.10 Å². The second-order valence-corrected chi connectivity index (χ2v) is 7.23. The average molecular weight is 340 g/mol. The molecule has 0 radical (unpaired) electrons. The quantitative estimate of drug-likeness (QED) is 0.582. The van der Waals surface area contributed by atoms with Gasteiger partial charge in [-0.3, -0.25) is 0 Å². The van der Waals surface area contributed by atoms with Gasteiger partial charge in [0.2, 0.25) is 0 Å². The molecule has 3 heteroatoms. The lowest BCUT2D eigenvalue weighted by Crippen LogP contribution is -2.22. The number of rotatable bonds is 8. The van der Waals surface area contributed by atoms with Crippen molar-refractivity contribution in [1.82, 2.24) is 5.32 Å². The van der Waals surface area contributed by atoms with E-state index in [0.29, 0.717) is 6.54 Å². The Morgan fingerprint density at radius 1 is 1.00 bits per heavy atom. The maximum absolute atomic E-state index is 10.7. The van der Waals surface area contributed by atoms with Crippen LogP contribution in [-0.4, -0.2) is 18.2 Å². The molecule has 0 spiro atoms. The summed E-state index contributed by atoms with van der Waals surface area (Å²) in [5.41, 5.74) is 2.66. The van der Waals surface area contributed by atoms with Crippen LogP contribution >= 0.6 is 11.3 Å². The first-order valence-corrected chi connectivity index (χ1v) is 9.54. The van der Waals surface area contributed by atoms with Crippen LogP contribution in [0.5, 0.6) is 0 Å². The second kappa shape index (κ2) is 8.43. The Kier molecular flexibility index (Phi) is 6.02. The van der Waals surface area contributed by atoms with Crippen LogP contribution in [0.4, 0.5) is 0 Å². The highest BCUT2D eigenvalue weighted by atomic mass is 32.1. The minimum atomic E-state index is -0.431. The fourth-order valence-corrected chi connectivity index (χ4v) is 4.31. The minimum Gasteiger partial charge on any atom is -0.386 e. The van der Waals surface area contributed by atoms with Gasteiger partial charge in [0.1, 0.15) is 6.10 Å². The van der Waals surface area contributed by atoms with Crippen molar-refractivity contribution in [2.45, 2.75) is 32.3 Å². The summed E-state index contributed by atoms with van der Waals surface area (Å²) in [6.45, 7) is 3.71. The van der Waals surface area contributed by atoms with Crippen molar-refractivity contribution in [3.8, 4) is 0 Å². The van der Waals surface area contributed by atoms with Crippen LogP contribution in [0, 0.1) is 0 Å². The molecule has 2 N–H and O–H groups in total. The first kappa shape index (κ1) is 17.2. The van der Waals surface area contributed by atoms with E-state index in [1.807, 2.05) is 0 Å². The first-order chi connectivity index (χ1) is 11.8. The standard InChI is InChI=1S/C21H25NOS/c1-2-14-22-15-19(23)21-18(13-12-16-8-4-3-5-9-16)17-10-6-7-11-20(17)24-21/h3-11,19,22-23H,2,12-15H2,1H3. The largest absolute Gasteiger partial charge is 0.386 e. The molecule has 3 aromatic rings. The third kappa shape index (κ3) is 4.04. The molecule has 1 atom stereocenters. The van der Waals surface area contributed by atoms with Crippen molar-refractivity contribution in [2.24, 2.45) is 0 Å². The normalized spacial score (nSPS) is 12.6. The number of aliphatic hydroxyl groups is 1. The fourth-order valence-electron chi connectivity index (χ4n) is 3.07. The molecule has 3 rings (SSSR count). The lowest BCUT2D eigenvalue weighted by atomic mass is 10.00. The highest BCUT2D eigenvalue weighted by molar-refractivity contribution is 7.19. The highest BCUT2D eigenvalue weighted by Gasteiger charge is 2.18. The van der Waals surface area contributed by atoms with E-state index in [-0.39, 0.29) is 0 Å². The lowest BCUT2D eigenvalue weighted by Gasteiger charge is -2.13. The highest BCUT2D eigenvalue weighted by Crippen LogP contribution is 2.36. The smallest absolute Gasteiger partial charge is 0.101 e. The molecule has 0 aliphatic carbocycles. The van der Waals surface area contributed by atoms with E-state index in [0.717, 1.165) is 30.7 Å². The van der Waals surface area contributed by atoms with Crippen molar-refractivity contribution in [3.05, 3.63) is 70.6 Å². The summed E-state index contributed by atoms with van der Waals surface area (Å²) < 4.78 is 1.27. The number of fused-ring (bicyclic) bond motifs is 1. The third-order valence-corrected chi connectivity index (χ3v) is 5.62. The number of thiophene rings is 1. The lowest BCUT2D eigenvalue weighted by molar-refractivity contribution is 0.178. The molecular formula is C21H25NOS. The molecule has 1 heterocycles. The Hall–Kier alpha value is -1.68. The number of aryl methyl sites for hydroxylation is 2. The maximum atomic E-state index is 10.7. The van der Waals surface area contributed by atoms with Gasteiger partial charge in [-0.1, -0.05) is 55.5 Å². The van der Waals surface area contributed by atoms with Gasteiger partial charge in [0.15, 0.2) is 0 Å². The van der Waals surface area contributed by atoms with Crippen LogP contribution in [0.3, 0.4) is 0 Å². The molecule has 2 nitrogen and oxygen atoms in total. The zero-order valence-corrected chi connectivity index (χ0v) is 15.0. The molecule has 126 valence electrons. The van der Waals surface area contributed by atoms with Gasteiger partial charge in [-0.15, -0.1) is 11.3 Å². The van der Waals surface area contributed by atoms with E-state index in [9.17, 15) is 5.11 Å². The van der Waals surface area contributed by atoms with Crippen molar-refractivity contribution >= 4 is 21.4 Å². The summed E-state index contributed by atoms with van der Waals surface area (Å²) in [6.07, 6.45) is 2.62. The number of aliphatic hydroxyl groups excluding tert-OH is 1. The van der Waals surface area contributed by atoms with Gasteiger partial charge in [0.25, 0.3) is 0 Å². The summed E-state index contributed by atoms with van der Waals surface area (Å²) in [5.74, 6) is 0. The summed E-state index contributed by atoms with van der Waals surface area (Å²) in [7, 11) is 0. The van der Waals surface area contributed by atoms with Crippen LogP contribution in [0.1, 0.15) is 35.5 Å². The molecule has 0 saturated carbocycles. The average Bonchev–Trinajstić information content (AvgIpc) is 3.00. The Bertz CT molecular complexity index is 766. The van der Waals surface area contributed by atoms with E-state index >= 15 is 0 Å². The summed E-state index contributed by atoms with van der Waals surface area (Å²) in [6, 6.07) is 19.1. The second-order valence-electron chi connectivity index (χ2n) is 6.15. The molecule has 0 fully saturated rings. The zero-order chi connectivity index (χ0) is 16.8. The fraction of sp³-hybridized carbons (Fsp3) is 0.333. The Morgan fingerprint density at radius 3 is 2.54 bits per heavy atom. The first-order valence-electron chi connectivity index (χ1n) is 8.72. The monoisotopic (exact) mass is 339 g/mol. The molecule has 0 bridgehead atoms. The predicted molar refractivity (Wildman–Crippen MR) is 104 cm³/mol. The van der Waals surface area contributed by atoms with Crippen molar-refractivity contribution in [1.29, 1.82) is 0 Å². The van der Waals surface area contributed by atoms with E-state index in [1.165, 1.54) is 21.2 Å². The van der Waals surface area contributed by atoms with Gasteiger partial charge < -0.3 is 10.4 Å². The molecule has 2 aromatic carbocycles. The van der Waals surface area contributed by atoms with Crippen LogP contribution in [0.2, 0.25) is 0 Å². The SMILES string of the molecule is CCCNCC(O)c1sc2ccccc2c1CCc1ccccc1. The number of nitrogens with one attached hydrogen (secondary N) is 1. The van der Waals surface area contributed by atoms with Gasteiger partial charge in [-0.2, -0.15) is 0 Å². The summed E-state index contributed by atoms with van der Waals surface area (Å²) in [5, 5.41) is 15.3.